The summed E-state index contributed by atoms with van der Waals surface area (Å²) in [6.07, 6.45) is 0.166. The fourth-order valence-corrected chi connectivity index (χ4v) is 1.97. The maximum absolute atomic E-state index is 11.5. The van der Waals surface area contributed by atoms with E-state index in [2.05, 4.69) is 5.23 Å². The molecule has 0 amide bonds. The van der Waals surface area contributed by atoms with Crippen LogP contribution in [0.5, 0.6) is 5.75 Å². The molecule has 0 atom stereocenters. The Balaban J connectivity index is 3.07. The fraction of sp³-hybridized carbons (Fsp3) is 0.533. The topological polar surface area (TPSA) is 56.8 Å². The normalized spacial score (nSPS) is 11.1. The van der Waals surface area contributed by atoms with Crippen LogP contribution in [0.25, 0.3) is 0 Å². The Kier molecular flexibility index (Phi) is 6.24. The van der Waals surface area contributed by atoms with Crippen LogP contribution in [-0.4, -0.2) is 39.9 Å². The van der Waals surface area contributed by atoms with E-state index in [-0.39, 0.29) is 25.0 Å². The maximum atomic E-state index is 11.5. The SMILES string of the molecule is CNB(OC(C)(C)C)c1ccc(OC)c(CC(=O)OC)c1. The highest BCUT2D eigenvalue weighted by atomic mass is 16.5. The lowest BCUT2D eigenvalue weighted by atomic mass is 9.72. The molecule has 0 aliphatic rings. The van der Waals surface area contributed by atoms with Crippen LogP contribution in [0.3, 0.4) is 0 Å². The standard InChI is InChI=1S/C15H24BNO4/c1-15(2,3)21-16(17-4)12-7-8-13(19-5)11(9-12)10-14(18)20-6/h7-9,17H,10H2,1-6H3. The van der Waals surface area contributed by atoms with Gasteiger partial charge in [0.05, 0.1) is 20.6 Å². The molecule has 1 aromatic carbocycles. The molecule has 1 rings (SSSR count). The summed E-state index contributed by atoms with van der Waals surface area (Å²) < 4.78 is 16.0. The first-order valence-electron chi connectivity index (χ1n) is 6.89. The number of rotatable bonds is 6. The molecule has 0 unspecified atom stereocenters. The van der Waals surface area contributed by atoms with Crippen molar-refractivity contribution in [2.75, 3.05) is 21.3 Å². The quantitative estimate of drug-likeness (QED) is 0.629. The second-order valence-corrected chi connectivity index (χ2v) is 5.72. The van der Waals surface area contributed by atoms with Gasteiger partial charge in [0.1, 0.15) is 5.75 Å². The molecule has 0 saturated carbocycles. The zero-order valence-electron chi connectivity index (χ0n) is 13.6. The van der Waals surface area contributed by atoms with Crippen molar-refractivity contribution in [2.24, 2.45) is 0 Å². The lowest BCUT2D eigenvalue weighted by Crippen LogP contribution is -2.49. The Morgan fingerprint density at radius 3 is 2.43 bits per heavy atom. The van der Waals surface area contributed by atoms with E-state index in [4.69, 9.17) is 14.1 Å². The first-order chi connectivity index (χ1) is 9.80. The highest BCUT2D eigenvalue weighted by molar-refractivity contribution is 6.65. The molecule has 1 aromatic rings. The molecular formula is C15H24BNO4. The van der Waals surface area contributed by atoms with Crippen LogP contribution in [-0.2, 0) is 20.6 Å². The third kappa shape index (κ3) is 5.40. The van der Waals surface area contributed by atoms with Gasteiger partial charge in [-0.05, 0) is 39.3 Å². The van der Waals surface area contributed by atoms with Crippen molar-refractivity contribution >= 4 is 18.5 Å². The van der Waals surface area contributed by atoms with E-state index in [1.165, 1.54) is 7.11 Å². The van der Waals surface area contributed by atoms with Crippen molar-refractivity contribution in [1.82, 2.24) is 5.23 Å². The maximum Gasteiger partial charge on any atom is 0.416 e. The van der Waals surface area contributed by atoms with E-state index in [0.717, 1.165) is 11.0 Å². The number of esters is 1. The van der Waals surface area contributed by atoms with Gasteiger partial charge < -0.3 is 19.4 Å². The summed E-state index contributed by atoms with van der Waals surface area (Å²) >= 11 is 0. The second-order valence-electron chi connectivity index (χ2n) is 5.72. The Morgan fingerprint density at radius 2 is 1.95 bits per heavy atom. The van der Waals surface area contributed by atoms with E-state index in [1.54, 1.807) is 7.11 Å². The summed E-state index contributed by atoms with van der Waals surface area (Å²) in [5, 5.41) is 3.13. The first kappa shape index (κ1) is 17.5. The summed E-state index contributed by atoms with van der Waals surface area (Å²) in [6, 6.07) is 5.67. The lowest BCUT2D eigenvalue weighted by Gasteiger charge is -2.25. The fourth-order valence-electron chi connectivity index (χ4n) is 1.97. The van der Waals surface area contributed by atoms with Crippen molar-refractivity contribution in [2.45, 2.75) is 32.8 Å². The second kappa shape index (κ2) is 7.47. The summed E-state index contributed by atoms with van der Waals surface area (Å²) in [6.45, 7) is 5.99. The molecule has 21 heavy (non-hydrogen) atoms. The molecule has 0 fully saturated rings. The van der Waals surface area contributed by atoms with Gasteiger partial charge in [-0.25, -0.2) is 0 Å². The molecule has 0 aliphatic heterocycles. The number of ether oxygens (including phenoxy) is 2. The third-order valence-electron chi connectivity index (χ3n) is 2.90. The zero-order valence-corrected chi connectivity index (χ0v) is 13.6. The highest BCUT2D eigenvalue weighted by Gasteiger charge is 2.25. The van der Waals surface area contributed by atoms with Crippen LogP contribution in [0, 0.1) is 0 Å². The predicted octanol–water partition coefficient (Wildman–Crippen LogP) is 1.14. The molecule has 0 bridgehead atoms. The number of benzene rings is 1. The van der Waals surface area contributed by atoms with Gasteiger partial charge >= 0.3 is 13.0 Å². The van der Waals surface area contributed by atoms with E-state index in [0.29, 0.717) is 5.75 Å². The number of hydrogen-bond donors (Lipinski definition) is 1. The molecule has 0 radical (unpaired) electrons. The number of nitrogens with one attached hydrogen (secondary N) is 1. The highest BCUT2D eigenvalue weighted by Crippen LogP contribution is 2.18. The molecule has 116 valence electrons. The smallest absolute Gasteiger partial charge is 0.416 e. The van der Waals surface area contributed by atoms with Crippen molar-refractivity contribution in [1.29, 1.82) is 0 Å². The lowest BCUT2D eigenvalue weighted by molar-refractivity contribution is -0.139. The largest absolute Gasteiger partial charge is 0.496 e. The molecule has 0 aliphatic carbocycles. The van der Waals surface area contributed by atoms with Gasteiger partial charge in [-0.15, -0.1) is 0 Å². The average Bonchev–Trinajstić information content (AvgIpc) is 2.43. The van der Waals surface area contributed by atoms with Gasteiger partial charge in [-0.3, -0.25) is 4.79 Å². The summed E-state index contributed by atoms with van der Waals surface area (Å²) in [5.74, 6) is 0.359. The molecule has 1 N–H and O–H groups in total. The van der Waals surface area contributed by atoms with Crippen molar-refractivity contribution in [3.63, 3.8) is 0 Å². The van der Waals surface area contributed by atoms with Crippen molar-refractivity contribution in [3.8, 4) is 5.75 Å². The van der Waals surface area contributed by atoms with Gasteiger partial charge in [0.2, 0.25) is 0 Å². The van der Waals surface area contributed by atoms with Gasteiger partial charge in [0.15, 0.2) is 0 Å². The minimum Gasteiger partial charge on any atom is -0.496 e. The predicted molar refractivity (Wildman–Crippen MR) is 84.0 cm³/mol. The van der Waals surface area contributed by atoms with Gasteiger partial charge in [-0.1, -0.05) is 12.1 Å². The Hall–Kier alpha value is -1.53. The van der Waals surface area contributed by atoms with E-state index < -0.39 is 0 Å². The van der Waals surface area contributed by atoms with Crippen LogP contribution in [0.4, 0.5) is 0 Å². The molecule has 0 saturated heterocycles. The monoisotopic (exact) mass is 293 g/mol. The van der Waals surface area contributed by atoms with E-state index in [9.17, 15) is 4.79 Å². The average molecular weight is 293 g/mol. The molecule has 0 spiro atoms. The summed E-state index contributed by atoms with van der Waals surface area (Å²) in [5.41, 5.74) is 1.43. The molecule has 0 aromatic heterocycles. The molecule has 6 heteroatoms. The third-order valence-corrected chi connectivity index (χ3v) is 2.90. The molecule has 5 nitrogen and oxygen atoms in total. The van der Waals surface area contributed by atoms with Crippen LogP contribution in [0.2, 0.25) is 0 Å². The number of carbonyl (C=O) groups is 1. The first-order valence-corrected chi connectivity index (χ1v) is 6.89. The Labute approximate surface area is 127 Å². The number of carbonyl (C=O) groups excluding carboxylic acids is 1. The minimum absolute atomic E-state index is 0.166. The Bertz CT molecular complexity index is 485. The van der Waals surface area contributed by atoms with Crippen LogP contribution < -0.4 is 15.4 Å². The van der Waals surface area contributed by atoms with E-state index >= 15 is 0 Å². The van der Waals surface area contributed by atoms with Gasteiger partial charge in [0, 0.05) is 11.2 Å². The number of methoxy groups -OCH3 is 2. The summed E-state index contributed by atoms with van der Waals surface area (Å²) in [7, 11) is 4.53. The molecular weight excluding hydrogens is 269 g/mol. The van der Waals surface area contributed by atoms with Crippen LogP contribution in [0.15, 0.2) is 18.2 Å². The van der Waals surface area contributed by atoms with Crippen LogP contribution in [0.1, 0.15) is 26.3 Å². The number of hydrogen-bond acceptors (Lipinski definition) is 5. The van der Waals surface area contributed by atoms with E-state index in [1.807, 2.05) is 46.0 Å². The Morgan fingerprint density at radius 1 is 1.29 bits per heavy atom. The molecule has 0 heterocycles. The minimum atomic E-state index is -0.303. The van der Waals surface area contributed by atoms with Crippen LogP contribution >= 0.6 is 0 Å². The van der Waals surface area contributed by atoms with Gasteiger partial charge in [-0.2, -0.15) is 0 Å². The zero-order chi connectivity index (χ0) is 16.0. The summed E-state index contributed by atoms with van der Waals surface area (Å²) in [4.78, 5) is 11.5. The van der Waals surface area contributed by atoms with Crippen molar-refractivity contribution < 1.29 is 18.9 Å². The van der Waals surface area contributed by atoms with Crippen molar-refractivity contribution in [3.05, 3.63) is 23.8 Å². The van der Waals surface area contributed by atoms with Gasteiger partial charge in [0.25, 0.3) is 0 Å².